The summed E-state index contributed by atoms with van der Waals surface area (Å²) in [5, 5.41) is 2.49. The van der Waals surface area contributed by atoms with Gasteiger partial charge in [-0.3, -0.25) is 4.79 Å². The Labute approximate surface area is 151 Å². The van der Waals surface area contributed by atoms with Gasteiger partial charge in [0, 0.05) is 24.5 Å². The second-order valence-electron chi connectivity index (χ2n) is 6.02. The fourth-order valence-electron chi connectivity index (χ4n) is 2.86. The van der Waals surface area contributed by atoms with Gasteiger partial charge in [0.05, 0.1) is 5.56 Å². The van der Waals surface area contributed by atoms with Crippen molar-refractivity contribution < 1.29 is 26.7 Å². The Morgan fingerprint density at radius 3 is 2.48 bits per heavy atom. The number of hydrogen-bond acceptors (Lipinski definition) is 4. The van der Waals surface area contributed by atoms with Gasteiger partial charge in [-0.25, -0.2) is 18.7 Å². The Balaban J connectivity index is 1.70. The molecule has 10 heteroatoms. The number of carbonyl (C=O) groups excluding carboxylic acids is 1. The largest absolute Gasteiger partial charge is 0.417 e. The Bertz CT molecular complexity index is 792. The summed E-state index contributed by atoms with van der Waals surface area (Å²) in [4.78, 5) is 21.8. The van der Waals surface area contributed by atoms with Crippen LogP contribution in [0.25, 0.3) is 0 Å². The normalized spacial score (nSPS) is 17.4. The van der Waals surface area contributed by atoms with Gasteiger partial charge >= 0.3 is 6.18 Å². The van der Waals surface area contributed by atoms with Crippen LogP contribution in [0, 0.1) is 0 Å². The molecule has 2 aromatic heterocycles. The number of aromatic nitrogens is 2. The second kappa shape index (κ2) is 7.45. The Kier molecular flexibility index (Phi) is 5.24. The van der Waals surface area contributed by atoms with Gasteiger partial charge < -0.3 is 10.2 Å². The maximum absolute atomic E-state index is 12.6. The fraction of sp³-hybridized carbons (Fsp3) is 0.353. The van der Waals surface area contributed by atoms with E-state index in [-0.39, 0.29) is 11.4 Å². The predicted octanol–water partition coefficient (Wildman–Crippen LogP) is 4.04. The molecule has 1 aliphatic rings. The molecule has 1 unspecified atom stereocenters. The molecule has 1 atom stereocenters. The molecule has 1 aliphatic heterocycles. The van der Waals surface area contributed by atoms with Crippen molar-refractivity contribution >= 4 is 17.5 Å². The van der Waals surface area contributed by atoms with Crippen LogP contribution in [0.2, 0.25) is 0 Å². The van der Waals surface area contributed by atoms with Crippen molar-refractivity contribution in [2.24, 2.45) is 0 Å². The number of anilines is 2. The Morgan fingerprint density at radius 2 is 1.93 bits per heavy atom. The van der Waals surface area contributed by atoms with Gasteiger partial charge in [-0.05, 0) is 37.1 Å². The van der Waals surface area contributed by atoms with Crippen LogP contribution >= 0.6 is 0 Å². The first-order valence-electron chi connectivity index (χ1n) is 8.10. The summed E-state index contributed by atoms with van der Waals surface area (Å²) in [5.41, 5.74) is -1.13. The molecule has 0 spiro atoms. The minimum atomic E-state index is -4.51. The van der Waals surface area contributed by atoms with Crippen LogP contribution in [-0.2, 0) is 11.0 Å². The summed E-state index contributed by atoms with van der Waals surface area (Å²) in [5.74, 6) is -0.0576. The lowest BCUT2D eigenvalue weighted by atomic mass is 10.2. The highest BCUT2D eigenvalue weighted by molar-refractivity contribution is 5.96. The van der Waals surface area contributed by atoms with E-state index in [0.29, 0.717) is 31.4 Å². The number of carbonyl (C=O) groups is 1. The molecule has 3 rings (SSSR count). The molecule has 0 bridgehead atoms. The molecule has 144 valence electrons. The van der Waals surface area contributed by atoms with E-state index in [0.717, 1.165) is 18.3 Å². The summed E-state index contributed by atoms with van der Waals surface area (Å²) < 4.78 is 62.9. The number of amides is 1. The number of nitrogens with zero attached hydrogens (tertiary/aromatic N) is 3. The van der Waals surface area contributed by atoms with E-state index in [1.54, 1.807) is 4.90 Å². The number of nitrogens with one attached hydrogen (secondary N) is 1. The zero-order chi connectivity index (χ0) is 19.6. The summed E-state index contributed by atoms with van der Waals surface area (Å²) in [6, 6.07) is 3.97. The van der Waals surface area contributed by atoms with Gasteiger partial charge in [0.25, 0.3) is 6.43 Å². The topological polar surface area (TPSA) is 58.1 Å². The minimum absolute atomic E-state index is 0.000794. The summed E-state index contributed by atoms with van der Waals surface area (Å²) in [7, 11) is 0. The van der Waals surface area contributed by atoms with E-state index in [1.165, 1.54) is 12.1 Å². The van der Waals surface area contributed by atoms with E-state index < -0.39 is 30.1 Å². The zero-order valence-corrected chi connectivity index (χ0v) is 13.9. The minimum Gasteiger partial charge on any atom is -0.345 e. The molecule has 1 saturated heterocycles. The van der Waals surface area contributed by atoms with Gasteiger partial charge in [0.2, 0.25) is 5.91 Å². The number of rotatable bonds is 4. The SMILES string of the molecule is O=C(Nc1ccc(C(F)(F)F)cn1)C1CCCN1c1ccc(C(F)F)cn1. The molecule has 1 N–H and O–H groups in total. The first-order chi connectivity index (χ1) is 12.8. The van der Waals surface area contributed by atoms with Crippen LogP contribution in [0.15, 0.2) is 36.7 Å². The van der Waals surface area contributed by atoms with E-state index in [2.05, 4.69) is 15.3 Å². The molecule has 0 saturated carbocycles. The first-order valence-corrected chi connectivity index (χ1v) is 8.10. The highest BCUT2D eigenvalue weighted by atomic mass is 19.4. The molecule has 0 radical (unpaired) electrons. The molecule has 3 heterocycles. The Morgan fingerprint density at radius 1 is 1.15 bits per heavy atom. The van der Waals surface area contributed by atoms with Crippen molar-refractivity contribution in [1.29, 1.82) is 0 Å². The van der Waals surface area contributed by atoms with E-state index in [4.69, 9.17) is 0 Å². The lowest BCUT2D eigenvalue weighted by molar-refractivity contribution is -0.137. The number of pyridine rings is 2. The van der Waals surface area contributed by atoms with Gasteiger partial charge in [-0.1, -0.05) is 0 Å². The predicted molar refractivity (Wildman–Crippen MR) is 87.4 cm³/mol. The molecule has 0 aromatic carbocycles. The van der Waals surface area contributed by atoms with Crippen molar-refractivity contribution in [1.82, 2.24) is 9.97 Å². The molecular weight excluding hydrogens is 371 g/mol. The highest BCUT2D eigenvalue weighted by Gasteiger charge is 2.33. The average Bonchev–Trinajstić information content (AvgIpc) is 3.11. The Hall–Kier alpha value is -2.78. The number of halogens is 5. The lowest BCUT2D eigenvalue weighted by Gasteiger charge is -2.25. The summed E-state index contributed by atoms with van der Waals surface area (Å²) in [6.45, 7) is 0.513. The van der Waals surface area contributed by atoms with Gasteiger partial charge in [0.1, 0.15) is 17.7 Å². The molecule has 2 aromatic rings. The van der Waals surface area contributed by atoms with Crippen molar-refractivity contribution in [3.05, 3.63) is 47.8 Å². The van der Waals surface area contributed by atoms with Gasteiger partial charge in [-0.15, -0.1) is 0 Å². The maximum Gasteiger partial charge on any atom is 0.417 e. The maximum atomic E-state index is 12.6. The number of alkyl halides is 5. The first kappa shape index (κ1) is 19.0. The van der Waals surface area contributed by atoms with E-state index >= 15 is 0 Å². The van der Waals surface area contributed by atoms with Crippen LogP contribution < -0.4 is 10.2 Å². The number of hydrogen-bond donors (Lipinski definition) is 1. The standard InChI is InChI=1S/C17H15F5N4O/c18-15(19)10-3-6-14(24-8-10)26-7-1-2-12(26)16(27)25-13-5-4-11(9-23-13)17(20,21)22/h3-6,8-9,12,15H,1-2,7H2,(H,23,25,27). The smallest absolute Gasteiger partial charge is 0.345 e. The van der Waals surface area contributed by atoms with Crippen LogP contribution in [0.4, 0.5) is 33.6 Å². The van der Waals surface area contributed by atoms with Crippen LogP contribution in [-0.4, -0.2) is 28.5 Å². The van der Waals surface area contributed by atoms with Gasteiger partial charge in [-0.2, -0.15) is 13.2 Å². The molecular formula is C17H15F5N4O. The summed E-state index contributed by atoms with van der Waals surface area (Å²) >= 11 is 0. The fourth-order valence-corrected chi connectivity index (χ4v) is 2.86. The third-order valence-electron chi connectivity index (χ3n) is 4.21. The van der Waals surface area contributed by atoms with Crippen LogP contribution in [0.5, 0.6) is 0 Å². The average molecular weight is 386 g/mol. The molecule has 0 aliphatic carbocycles. The second-order valence-corrected chi connectivity index (χ2v) is 6.02. The molecule has 1 fully saturated rings. The third kappa shape index (κ3) is 4.32. The molecule has 5 nitrogen and oxygen atoms in total. The monoisotopic (exact) mass is 386 g/mol. The van der Waals surface area contributed by atoms with Crippen molar-refractivity contribution in [2.75, 3.05) is 16.8 Å². The van der Waals surface area contributed by atoms with Crippen LogP contribution in [0.1, 0.15) is 30.4 Å². The highest BCUT2D eigenvalue weighted by Crippen LogP contribution is 2.29. The third-order valence-corrected chi connectivity index (χ3v) is 4.21. The quantitative estimate of drug-likeness (QED) is 0.806. The molecule has 1 amide bonds. The lowest BCUT2D eigenvalue weighted by Crippen LogP contribution is -2.40. The van der Waals surface area contributed by atoms with Crippen LogP contribution in [0.3, 0.4) is 0 Å². The van der Waals surface area contributed by atoms with Crippen molar-refractivity contribution in [3.63, 3.8) is 0 Å². The van der Waals surface area contributed by atoms with Crippen molar-refractivity contribution in [3.8, 4) is 0 Å². The van der Waals surface area contributed by atoms with Gasteiger partial charge in [0.15, 0.2) is 0 Å². The summed E-state index contributed by atoms with van der Waals surface area (Å²) in [6.07, 6.45) is -4.23. The zero-order valence-electron chi connectivity index (χ0n) is 13.9. The molecule has 27 heavy (non-hydrogen) atoms. The van der Waals surface area contributed by atoms with Crippen molar-refractivity contribution in [2.45, 2.75) is 31.5 Å². The van der Waals surface area contributed by atoms with E-state index in [9.17, 15) is 26.7 Å². The van der Waals surface area contributed by atoms with E-state index in [1.807, 2.05) is 0 Å².